The van der Waals surface area contributed by atoms with Crippen molar-refractivity contribution in [2.45, 2.75) is 17.5 Å². The first kappa shape index (κ1) is 15.8. The molecular weight excluding hydrogens is 338 g/mol. The minimum Gasteiger partial charge on any atom is -0.291 e. The summed E-state index contributed by atoms with van der Waals surface area (Å²) in [7, 11) is -3.68. The van der Waals surface area contributed by atoms with Crippen LogP contribution in [0.3, 0.4) is 0 Å². The lowest BCUT2D eigenvalue weighted by Crippen LogP contribution is -2.38. The number of nitro groups is 1. The smallest absolute Gasteiger partial charge is 0.270 e. The molecule has 0 aliphatic rings. The van der Waals surface area contributed by atoms with Gasteiger partial charge in [0.05, 0.1) is 4.92 Å². The molecule has 19 heavy (non-hydrogen) atoms. The summed E-state index contributed by atoms with van der Waals surface area (Å²) in [6.45, 7) is 2.66. The molecule has 0 fully saturated rings. The van der Waals surface area contributed by atoms with Gasteiger partial charge in [-0.1, -0.05) is 35.0 Å². The molecule has 0 aliphatic carbocycles. The largest absolute Gasteiger partial charge is 0.291 e. The number of nitro benzene ring substituents is 1. The lowest BCUT2D eigenvalue weighted by atomic mass is 10.1. The van der Waals surface area contributed by atoms with E-state index in [9.17, 15) is 23.3 Å². The Kier molecular flexibility index (Phi) is 4.46. The number of benzene rings is 1. The predicted octanol–water partition coefficient (Wildman–Crippen LogP) is 2.32. The van der Waals surface area contributed by atoms with Crippen molar-refractivity contribution in [1.82, 2.24) is 0 Å². The predicted molar refractivity (Wildman–Crippen MR) is 74.2 cm³/mol. The number of non-ortho nitro benzene ring substituents is 1. The van der Waals surface area contributed by atoms with Gasteiger partial charge in [-0.15, -0.1) is 0 Å². The van der Waals surface area contributed by atoms with Crippen LogP contribution < -0.4 is 0 Å². The van der Waals surface area contributed by atoms with Gasteiger partial charge in [0.1, 0.15) is 0 Å². The van der Waals surface area contributed by atoms with E-state index in [0.717, 1.165) is 6.07 Å². The van der Waals surface area contributed by atoms with E-state index in [1.54, 1.807) is 0 Å². The summed E-state index contributed by atoms with van der Waals surface area (Å²) in [5.74, 6) is -0.937. The van der Waals surface area contributed by atoms with E-state index in [1.165, 1.54) is 32.0 Å². The van der Waals surface area contributed by atoms with Crippen molar-refractivity contribution >= 4 is 37.2 Å². The fraction of sp³-hybridized carbons (Fsp3) is 0.364. The van der Waals surface area contributed by atoms with Gasteiger partial charge < -0.3 is 0 Å². The number of alkyl halides is 1. The quantitative estimate of drug-likeness (QED) is 0.352. The van der Waals surface area contributed by atoms with E-state index in [0.29, 0.717) is 0 Å². The molecule has 0 amide bonds. The topological polar surface area (TPSA) is 94.3 Å². The minimum atomic E-state index is -3.68. The van der Waals surface area contributed by atoms with E-state index in [1.807, 2.05) is 0 Å². The number of rotatable bonds is 5. The second kappa shape index (κ2) is 5.38. The molecule has 0 heterocycles. The molecule has 1 atom stereocenters. The number of sulfone groups is 1. The number of Topliss-reactive ketones (excluding diaryl/α,β-unsaturated/α-hetero) is 1. The van der Waals surface area contributed by atoms with E-state index in [-0.39, 0.29) is 17.0 Å². The monoisotopic (exact) mass is 349 g/mol. The third-order valence-electron chi connectivity index (χ3n) is 2.69. The third-order valence-corrected chi connectivity index (χ3v) is 6.64. The Balaban J connectivity index is 3.28. The van der Waals surface area contributed by atoms with Crippen molar-refractivity contribution in [2.24, 2.45) is 0 Å². The van der Waals surface area contributed by atoms with Crippen molar-refractivity contribution < 1.29 is 18.1 Å². The van der Waals surface area contributed by atoms with Crippen molar-refractivity contribution in [2.75, 3.05) is 5.75 Å². The number of nitrogens with zero attached hydrogens (tertiary/aromatic N) is 1. The maximum atomic E-state index is 12.2. The fourth-order valence-corrected chi connectivity index (χ4v) is 3.29. The highest BCUT2D eigenvalue weighted by molar-refractivity contribution is 9.12. The first-order valence-electron chi connectivity index (χ1n) is 5.34. The number of hydrogen-bond donors (Lipinski definition) is 0. The molecular formula is C11H12BrNO5S. The van der Waals surface area contributed by atoms with Crippen molar-refractivity contribution in [3.05, 3.63) is 39.9 Å². The molecule has 0 bridgehead atoms. The number of carbonyl (C=O) groups excluding carboxylic acids is 1. The molecule has 104 valence electrons. The van der Waals surface area contributed by atoms with Gasteiger partial charge in [-0.2, -0.15) is 0 Å². The van der Waals surface area contributed by atoms with Gasteiger partial charge in [-0.3, -0.25) is 14.9 Å². The summed E-state index contributed by atoms with van der Waals surface area (Å²) in [5.41, 5.74) is -0.284. The second-order valence-electron chi connectivity index (χ2n) is 3.96. The lowest BCUT2D eigenvalue weighted by Gasteiger charge is -2.20. The number of ketones is 1. The standard InChI is InChI=1S/C11H12BrNO5S/c1-3-19(17,18)11(2,12)10(14)8-5-4-6-9(7-8)13(15)16/h4-7H,3H2,1-2H3/t11-/m0/s1. The normalized spacial score (nSPS) is 14.7. The maximum absolute atomic E-state index is 12.2. The zero-order chi connectivity index (χ0) is 14.8. The van der Waals surface area contributed by atoms with Crippen LogP contribution in [0.5, 0.6) is 0 Å². The van der Waals surface area contributed by atoms with Crippen LogP contribution in [0.2, 0.25) is 0 Å². The fourth-order valence-electron chi connectivity index (χ4n) is 1.43. The van der Waals surface area contributed by atoms with Crippen LogP contribution in [0.4, 0.5) is 5.69 Å². The number of hydrogen-bond acceptors (Lipinski definition) is 5. The Bertz CT molecular complexity index is 624. The molecule has 8 heteroatoms. The zero-order valence-corrected chi connectivity index (χ0v) is 12.7. The van der Waals surface area contributed by atoms with Gasteiger partial charge >= 0.3 is 0 Å². The molecule has 0 unspecified atom stereocenters. The lowest BCUT2D eigenvalue weighted by molar-refractivity contribution is -0.384. The Morgan fingerprint density at radius 2 is 2.05 bits per heavy atom. The number of carbonyl (C=O) groups is 1. The molecule has 1 rings (SSSR count). The van der Waals surface area contributed by atoms with Crippen molar-refractivity contribution in [3.63, 3.8) is 0 Å². The highest BCUT2D eigenvalue weighted by Gasteiger charge is 2.43. The summed E-state index contributed by atoms with van der Waals surface area (Å²) in [6.07, 6.45) is 0. The highest BCUT2D eigenvalue weighted by Crippen LogP contribution is 2.31. The molecule has 0 aromatic heterocycles. The Morgan fingerprint density at radius 1 is 1.47 bits per heavy atom. The summed E-state index contributed by atoms with van der Waals surface area (Å²) in [6, 6.07) is 4.98. The van der Waals surface area contributed by atoms with E-state index in [2.05, 4.69) is 15.9 Å². The summed E-state index contributed by atoms with van der Waals surface area (Å²) < 4.78 is 21.9. The first-order chi connectivity index (χ1) is 8.63. The number of halogens is 1. The van der Waals surface area contributed by atoms with Gasteiger partial charge in [0.15, 0.2) is 19.3 Å². The highest BCUT2D eigenvalue weighted by atomic mass is 79.9. The second-order valence-corrected chi connectivity index (χ2v) is 8.69. The third kappa shape index (κ3) is 3.01. The van der Waals surface area contributed by atoms with Gasteiger partial charge in [0, 0.05) is 23.4 Å². The van der Waals surface area contributed by atoms with Gasteiger partial charge in [-0.05, 0) is 6.92 Å². The first-order valence-corrected chi connectivity index (χ1v) is 7.78. The van der Waals surface area contributed by atoms with Crippen molar-refractivity contribution in [3.8, 4) is 0 Å². The van der Waals surface area contributed by atoms with E-state index >= 15 is 0 Å². The maximum Gasteiger partial charge on any atom is 0.270 e. The molecule has 0 radical (unpaired) electrons. The molecule has 0 spiro atoms. The van der Waals surface area contributed by atoms with Crippen LogP contribution in [0.1, 0.15) is 24.2 Å². The average molecular weight is 350 g/mol. The van der Waals surface area contributed by atoms with Crippen LogP contribution in [0, 0.1) is 10.1 Å². The van der Waals surface area contributed by atoms with Crippen LogP contribution in [-0.4, -0.2) is 28.5 Å². The molecule has 0 saturated heterocycles. The van der Waals surface area contributed by atoms with Crippen molar-refractivity contribution in [1.29, 1.82) is 0 Å². The molecule has 6 nitrogen and oxygen atoms in total. The van der Waals surface area contributed by atoms with E-state index < -0.39 is 24.2 Å². The van der Waals surface area contributed by atoms with Gasteiger partial charge in [0.2, 0.25) is 0 Å². The summed E-state index contributed by atoms with van der Waals surface area (Å²) >= 11 is 2.92. The summed E-state index contributed by atoms with van der Waals surface area (Å²) in [5, 5.41) is 10.6. The molecule has 0 N–H and O–H groups in total. The average Bonchev–Trinajstić information content (AvgIpc) is 2.37. The minimum absolute atomic E-state index is 0.0226. The SMILES string of the molecule is CCS(=O)(=O)[C@](C)(Br)C(=O)c1cccc([N+](=O)[O-])c1. The van der Waals surface area contributed by atoms with Crippen LogP contribution in [-0.2, 0) is 9.84 Å². The van der Waals surface area contributed by atoms with Gasteiger partial charge in [-0.25, -0.2) is 8.42 Å². The Hall–Kier alpha value is -1.28. The molecule has 1 aromatic carbocycles. The van der Waals surface area contributed by atoms with Gasteiger partial charge in [0.25, 0.3) is 5.69 Å². The molecule has 1 aromatic rings. The molecule has 0 aliphatic heterocycles. The van der Waals surface area contributed by atoms with Crippen LogP contribution in [0.15, 0.2) is 24.3 Å². The zero-order valence-electron chi connectivity index (χ0n) is 10.3. The molecule has 0 saturated carbocycles. The summed E-state index contributed by atoms with van der Waals surface area (Å²) in [4.78, 5) is 22.2. The van der Waals surface area contributed by atoms with Crippen LogP contribution in [0.25, 0.3) is 0 Å². The Morgan fingerprint density at radius 3 is 2.53 bits per heavy atom. The van der Waals surface area contributed by atoms with E-state index in [4.69, 9.17) is 0 Å². The van der Waals surface area contributed by atoms with Crippen LogP contribution >= 0.6 is 15.9 Å². The Labute approximate surface area is 119 Å².